The lowest BCUT2D eigenvalue weighted by atomic mass is 10.1. The number of thiophene rings is 1. The van der Waals surface area contributed by atoms with Crippen molar-refractivity contribution in [3.05, 3.63) is 14.7 Å². The molecule has 1 aromatic heterocycles. The van der Waals surface area contributed by atoms with Crippen LogP contribution in [0.5, 0.6) is 0 Å². The van der Waals surface area contributed by atoms with E-state index in [-0.39, 0.29) is 0 Å². The second-order valence-corrected chi connectivity index (χ2v) is 9.01. The van der Waals surface area contributed by atoms with Crippen LogP contribution >= 0.6 is 27.3 Å². The molecule has 0 aliphatic carbocycles. The van der Waals surface area contributed by atoms with Crippen molar-refractivity contribution in [1.82, 2.24) is 4.72 Å². The van der Waals surface area contributed by atoms with Gasteiger partial charge in [-0.2, -0.15) is 0 Å². The van der Waals surface area contributed by atoms with Gasteiger partial charge in [-0.3, -0.25) is 0 Å². The minimum absolute atomic E-state index is 0.398. The van der Waals surface area contributed by atoms with E-state index in [1.54, 1.807) is 6.07 Å². The van der Waals surface area contributed by atoms with E-state index in [1.807, 2.05) is 6.92 Å². The zero-order valence-corrected chi connectivity index (χ0v) is 14.8. The maximum atomic E-state index is 12.1. The van der Waals surface area contributed by atoms with E-state index in [0.717, 1.165) is 21.5 Å². The number of unbranched alkanes of at least 4 members (excludes halogenated alkanes) is 5. The van der Waals surface area contributed by atoms with Crippen molar-refractivity contribution in [1.29, 1.82) is 0 Å². The average molecular weight is 368 g/mol. The molecule has 0 radical (unpaired) electrons. The van der Waals surface area contributed by atoms with Crippen LogP contribution in [0.1, 0.15) is 50.3 Å². The molecule has 0 aliphatic heterocycles. The number of halogens is 1. The SMILES string of the molecule is CCCCCCCCNS(=O)(=O)c1cc(Br)sc1C. The van der Waals surface area contributed by atoms with Crippen molar-refractivity contribution >= 4 is 37.3 Å². The minimum Gasteiger partial charge on any atom is -0.211 e. The van der Waals surface area contributed by atoms with Crippen molar-refractivity contribution in [2.75, 3.05) is 6.54 Å². The first kappa shape index (κ1) is 17.1. The molecule has 0 aliphatic rings. The highest BCUT2D eigenvalue weighted by Gasteiger charge is 2.18. The van der Waals surface area contributed by atoms with Gasteiger partial charge in [0, 0.05) is 11.4 Å². The highest BCUT2D eigenvalue weighted by Crippen LogP contribution is 2.29. The minimum atomic E-state index is -3.34. The van der Waals surface area contributed by atoms with Gasteiger partial charge in [-0.1, -0.05) is 39.0 Å². The largest absolute Gasteiger partial charge is 0.241 e. The van der Waals surface area contributed by atoms with Crippen molar-refractivity contribution in [3.8, 4) is 0 Å². The number of nitrogens with one attached hydrogen (secondary N) is 1. The molecule has 0 aromatic carbocycles. The average Bonchev–Trinajstić information content (AvgIpc) is 2.68. The Morgan fingerprint density at radius 1 is 1.21 bits per heavy atom. The Kier molecular flexibility index (Phi) is 7.57. The summed E-state index contributed by atoms with van der Waals surface area (Å²) < 4.78 is 27.7. The van der Waals surface area contributed by atoms with Gasteiger partial charge in [-0.25, -0.2) is 13.1 Å². The third-order valence-electron chi connectivity index (χ3n) is 2.95. The second-order valence-electron chi connectivity index (χ2n) is 4.64. The molecule has 0 spiro atoms. The molecule has 110 valence electrons. The molecule has 0 unspecified atom stereocenters. The topological polar surface area (TPSA) is 46.2 Å². The predicted octanol–water partition coefficient (Wildman–Crippen LogP) is 4.46. The van der Waals surface area contributed by atoms with E-state index in [0.29, 0.717) is 11.4 Å². The molecular weight excluding hydrogens is 346 g/mol. The Labute approximate surface area is 129 Å². The standard InChI is InChI=1S/C13H22BrNO2S2/c1-3-4-5-6-7-8-9-15-19(16,17)12-10-13(14)18-11(12)2/h10,15H,3-9H2,1-2H3. The van der Waals surface area contributed by atoms with Crippen molar-refractivity contribution < 1.29 is 8.42 Å². The number of aryl methyl sites for hydroxylation is 1. The van der Waals surface area contributed by atoms with Gasteiger partial charge >= 0.3 is 0 Å². The molecule has 1 heterocycles. The van der Waals surface area contributed by atoms with E-state index in [2.05, 4.69) is 27.6 Å². The van der Waals surface area contributed by atoms with Gasteiger partial charge in [0.25, 0.3) is 0 Å². The normalized spacial score (nSPS) is 11.9. The van der Waals surface area contributed by atoms with Gasteiger partial charge in [0.2, 0.25) is 10.0 Å². The van der Waals surface area contributed by atoms with Crippen LogP contribution in [-0.4, -0.2) is 15.0 Å². The molecule has 1 aromatic rings. The predicted molar refractivity (Wildman–Crippen MR) is 85.3 cm³/mol. The van der Waals surface area contributed by atoms with Gasteiger partial charge in [-0.15, -0.1) is 11.3 Å². The fourth-order valence-corrected chi connectivity index (χ4v) is 5.37. The molecule has 0 bridgehead atoms. The van der Waals surface area contributed by atoms with Crippen LogP contribution < -0.4 is 4.72 Å². The van der Waals surface area contributed by atoms with E-state index in [1.165, 1.54) is 37.0 Å². The summed E-state index contributed by atoms with van der Waals surface area (Å²) in [6, 6.07) is 1.67. The summed E-state index contributed by atoms with van der Waals surface area (Å²) in [4.78, 5) is 1.22. The van der Waals surface area contributed by atoms with Crippen LogP contribution in [0.2, 0.25) is 0 Å². The Bertz CT molecular complexity index is 483. The summed E-state index contributed by atoms with van der Waals surface area (Å²) in [5, 5.41) is 0. The number of rotatable bonds is 9. The summed E-state index contributed by atoms with van der Waals surface area (Å²) >= 11 is 4.77. The van der Waals surface area contributed by atoms with Gasteiger partial charge in [0.1, 0.15) is 0 Å². The summed E-state index contributed by atoms with van der Waals surface area (Å²) in [6.45, 7) is 4.55. The molecule has 0 amide bonds. The third kappa shape index (κ3) is 5.94. The Morgan fingerprint density at radius 2 is 1.84 bits per heavy atom. The van der Waals surface area contributed by atoms with Gasteiger partial charge < -0.3 is 0 Å². The lowest BCUT2D eigenvalue weighted by Gasteiger charge is -2.06. The van der Waals surface area contributed by atoms with Crippen molar-refractivity contribution in [2.45, 2.75) is 57.3 Å². The molecule has 0 saturated carbocycles. The molecule has 1 rings (SSSR count). The summed E-state index contributed by atoms with van der Waals surface area (Å²) in [7, 11) is -3.34. The maximum Gasteiger partial charge on any atom is 0.241 e. The lowest BCUT2D eigenvalue weighted by Crippen LogP contribution is -2.24. The first-order chi connectivity index (χ1) is 8.97. The zero-order valence-electron chi connectivity index (χ0n) is 11.5. The molecule has 0 atom stereocenters. The Morgan fingerprint density at radius 3 is 2.42 bits per heavy atom. The van der Waals surface area contributed by atoms with Crippen LogP contribution in [0.25, 0.3) is 0 Å². The van der Waals surface area contributed by atoms with Crippen LogP contribution in [-0.2, 0) is 10.0 Å². The van der Waals surface area contributed by atoms with E-state index in [9.17, 15) is 8.42 Å². The number of hydrogen-bond acceptors (Lipinski definition) is 3. The van der Waals surface area contributed by atoms with Gasteiger partial charge in [-0.05, 0) is 35.3 Å². The second kappa shape index (κ2) is 8.39. The molecule has 1 N–H and O–H groups in total. The molecule has 3 nitrogen and oxygen atoms in total. The molecule has 0 fully saturated rings. The highest BCUT2D eigenvalue weighted by atomic mass is 79.9. The summed E-state index contributed by atoms with van der Waals surface area (Å²) in [5.41, 5.74) is 0. The summed E-state index contributed by atoms with van der Waals surface area (Å²) in [6.07, 6.45) is 6.95. The van der Waals surface area contributed by atoms with Crippen LogP contribution in [0.15, 0.2) is 14.7 Å². The van der Waals surface area contributed by atoms with Crippen LogP contribution in [0, 0.1) is 6.92 Å². The highest BCUT2D eigenvalue weighted by molar-refractivity contribution is 9.11. The Balaban J connectivity index is 2.34. The zero-order chi connectivity index (χ0) is 14.3. The lowest BCUT2D eigenvalue weighted by molar-refractivity contribution is 0.567. The van der Waals surface area contributed by atoms with E-state index < -0.39 is 10.0 Å². The first-order valence-corrected chi connectivity index (χ1v) is 9.82. The Hall–Kier alpha value is 0.0900. The molecular formula is C13H22BrNO2S2. The summed E-state index contributed by atoms with van der Waals surface area (Å²) in [5.74, 6) is 0. The monoisotopic (exact) mass is 367 g/mol. The van der Waals surface area contributed by atoms with E-state index in [4.69, 9.17) is 0 Å². The van der Waals surface area contributed by atoms with Crippen LogP contribution in [0.3, 0.4) is 0 Å². The van der Waals surface area contributed by atoms with Gasteiger partial charge in [0.15, 0.2) is 0 Å². The van der Waals surface area contributed by atoms with Crippen LogP contribution in [0.4, 0.5) is 0 Å². The smallest absolute Gasteiger partial charge is 0.211 e. The quantitative estimate of drug-likeness (QED) is 0.654. The first-order valence-electron chi connectivity index (χ1n) is 6.73. The molecule has 6 heteroatoms. The van der Waals surface area contributed by atoms with Gasteiger partial charge in [0.05, 0.1) is 8.68 Å². The van der Waals surface area contributed by atoms with E-state index >= 15 is 0 Å². The third-order valence-corrected chi connectivity index (χ3v) is 6.22. The maximum absolute atomic E-state index is 12.1. The van der Waals surface area contributed by atoms with Crippen molar-refractivity contribution in [2.24, 2.45) is 0 Å². The molecule has 19 heavy (non-hydrogen) atoms. The molecule has 0 saturated heterocycles. The number of sulfonamides is 1. The van der Waals surface area contributed by atoms with Crippen molar-refractivity contribution in [3.63, 3.8) is 0 Å². The fourth-order valence-electron chi connectivity index (χ4n) is 1.89. The number of hydrogen-bond donors (Lipinski definition) is 1. The fraction of sp³-hybridized carbons (Fsp3) is 0.692.